The summed E-state index contributed by atoms with van der Waals surface area (Å²) in [6, 6.07) is 5.85. The molecule has 0 spiro atoms. The lowest BCUT2D eigenvalue weighted by Gasteiger charge is -2.29. The molecule has 0 heterocycles. The van der Waals surface area contributed by atoms with Crippen molar-refractivity contribution >= 4 is 73.7 Å². The number of rotatable bonds is 27. The average molecular weight is 902 g/mol. The van der Waals surface area contributed by atoms with E-state index in [0.29, 0.717) is 23.3 Å². The maximum Gasteiger partial charge on any atom is 0.326 e. The first-order chi connectivity index (χ1) is 28.7. The Morgan fingerprint density at radius 1 is 0.787 bits per heavy atom. The van der Waals surface area contributed by atoms with Crippen molar-refractivity contribution in [1.82, 2.24) is 20.7 Å². The number of aliphatic carboxylic acids is 1. The highest BCUT2D eigenvalue weighted by atomic mass is 32.2. The molecular weight excluding hydrogens is 831 g/mol. The van der Waals surface area contributed by atoms with E-state index in [2.05, 4.69) is 66.6 Å². The zero-order chi connectivity index (χ0) is 45.9. The summed E-state index contributed by atoms with van der Waals surface area (Å²) in [7, 11) is -0.516. The van der Waals surface area contributed by atoms with Crippen LogP contribution in [0.2, 0.25) is 0 Å². The van der Waals surface area contributed by atoms with Crippen LogP contribution in [0.25, 0.3) is 10.8 Å². The number of nitrogens with zero attached hydrogens (tertiary/aromatic N) is 1. The molecule has 12 nitrogen and oxygen atoms in total. The summed E-state index contributed by atoms with van der Waals surface area (Å²) in [6.07, 6.45) is 13.0. The molecule has 2 rings (SSSR count). The van der Waals surface area contributed by atoms with Crippen molar-refractivity contribution in [2.45, 2.75) is 123 Å². The van der Waals surface area contributed by atoms with E-state index < -0.39 is 63.8 Å². The van der Waals surface area contributed by atoms with E-state index in [9.17, 15) is 32.7 Å². The summed E-state index contributed by atoms with van der Waals surface area (Å²) in [5.74, 6) is -2.83. The lowest BCUT2D eigenvalue weighted by Crippen LogP contribution is -2.60. The summed E-state index contributed by atoms with van der Waals surface area (Å²) in [4.78, 5) is 55.5. The molecule has 2 aromatic carbocycles. The number of thioether (sulfide) groups is 2. The van der Waals surface area contributed by atoms with Crippen molar-refractivity contribution in [2.24, 2.45) is 11.8 Å². The van der Waals surface area contributed by atoms with E-state index in [0.717, 1.165) is 36.8 Å². The number of carboxylic acids is 1. The topological polar surface area (TPSA) is 174 Å². The third-order valence-electron chi connectivity index (χ3n) is 10.5. The third-order valence-corrected chi connectivity index (χ3v) is 13.6. The SMILES string of the molecule is CC[C@H](C)[C@H](NC(=O)[C@@H](NC(=O)[C@H](CSC/C=C(\C)CC/C=C(\C)CCC=C(C)C)NS(=O)(=O)c1cccc2c(N(C)C)cccc12)C(C)C)C(=O)N[C@@H](CCSC)C(=O)O. The van der Waals surface area contributed by atoms with Crippen LogP contribution in [0.5, 0.6) is 0 Å². The number of fused-ring (bicyclic) bond motifs is 1. The molecule has 5 atom stereocenters. The second-order valence-corrected chi connectivity index (χ2v) is 20.2. The van der Waals surface area contributed by atoms with Gasteiger partial charge in [0.05, 0.1) is 4.90 Å². The monoisotopic (exact) mass is 901 g/mol. The molecule has 0 bridgehead atoms. The lowest BCUT2D eigenvalue weighted by atomic mass is 9.96. The number of allylic oxidation sites excluding steroid dienone is 5. The summed E-state index contributed by atoms with van der Waals surface area (Å²) >= 11 is 2.86. The molecule has 0 unspecified atom stereocenters. The first-order valence-corrected chi connectivity index (χ1v) is 25.1. The highest BCUT2D eigenvalue weighted by molar-refractivity contribution is 7.99. The second-order valence-electron chi connectivity index (χ2n) is 16.5. The highest BCUT2D eigenvalue weighted by Gasteiger charge is 2.35. The molecule has 3 amide bonds. The molecular formula is C46H71N5O7S3. The molecule has 0 aliphatic carbocycles. The number of anilines is 1. The van der Waals surface area contributed by atoms with E-state index in [1.165, 1.54) is 46.3 Å². The van der Waals surface area contributed by atoms with Crippen LogP contribution in [0, 0.1) is 11.8 Å². The maximum absolute atomic E-state index is 14.2. The number of benzene rings is 2. The molecule has 5 N–H and O–H groups in total. The molecule has 0 saturated carbocycles. The van der Waals surface area contributed by atoms with Crippen molar-refractivity contribution < 1.29 is 32.7 Å². The van der Waals surface area contributed by atoms with Crippen LogP contribution in [-0.4, -0.2) is 99.0 Å². The highest BCUT2D eigenvalue weighted by Crippen LogP contribution is 2.30. The van der Waals surface area contributed by atoms with Crippen LogP contribution in [0.15, 0.2) is 76.2 Å². The van der Waals surface area contributed by atoms with Gasteiger partial charge in [0.2, 0.25) is 27.7 Å². The second kappa shape index (κ2) is 26.6. The van der Waals surface area contributed by atoms with Gasteiger partial charge in [-0.2, -0.15) is 28.2 Å². The van der Waals surface area contributed by atoms with Crippen LogP contribution < -0.4 is 25.6 Å². The first kappa shape index (κ1) is 53.3. The average Bonchev–Trinajstić information content (AvgIpc) is 3.19. The fourth-order valence-electron chi connectivity index (χ4n) is 6.52. The van der Waals surface area contributed by atoms with Crippen molar-refractivity contribution in [3.8, 4) is 0 Å². The molecule has 0 fully saturated rings. The van der Waals surface area contributed by atoms with Crippen molar-refractivity contribution in [2.75, 3.05) is 42.5 Å². The van der Waals surface area contributed by atoms with E-state index in [1.54, 1.807) is 39.0 Å². The molecule has 15 heteroatoms. The molecule has 0 saturated heterocycles. The van der Waals surface area contributed by atoms with Crippen LogP contribution in [0.4, 0.5) is 5.69 Å². The molecule has 0 radical (unpaired) electrons. The van der Waals surface area contributed by atoms with Gasteiger partial charge in [-0.15, -0.1) is 0 Å². The number of amides is 3. The lowest BCUT2D eigenvalue weighted by molar-refractivity contribution is -0.142. The van der Waals surface area contributed by atoms with Gasteiger partial charge in [-0.3, -0.25) is 14.4 Å². The fourth-order valence-corrected chi connectivity index (χ4v) is 9.52. The standard InChI is InChI=1S/C46H71N5O7S3/c1-12-34(8)42(45(54)47-37(46(55)56)26-27-59-11)49-44(53)41(31(4)5)48-43(52)38(29-60-28-25-33(7)20-14-19-32(6)18-13-17-30(2)3)50-61(57,58)40-24-16-21-35-36(40)22-15-23-39(35)51(9)10/h15-17,19,21-25,31,34,37-38,41-42,50H,12-14,18,20,26-29H2,1-11H3,(H,47,54)(H,48,52)(H,49,53)(H,55,56)/b32-19+,33-25+/t34-,37-,38-,41-,42-/m0/s1. The normalized spacial score (nSPS) is 14.8. The van der Waals surface area contributed by atoms with Crippen LogP contribution in [-0.2, 0) is 29.2 Å². The van der Waals surface area contributed by atoms with Crippen LogP contribution in [0.3, 0.4) is 0 Å². The summed E-state index contributed by atoms with van der Waals surface area (Å²) in [5, 5.41) is 19.1. The van der Waals surface area contributed by atoms with Crippen LogP contribution >= 0.6 is 23.5 Å². The first-order valence-electron chi connectivity index (χ1n) is 21.1. The fraction of sp³-hybridized carbons (Fsp3) is 0.565. The Morgan fingerprint density at radius 2 is 1.38 bits per heavy atom. The number of hydrogen-bond donors (Lipinski definition) is 5. The van der Waals surface area contributed by atoms with Gasteiger partial charge in [-0.25, -0.2) is 13.2 Å². The van der Waals surface area contributed by atoms with Crippen molar-refractivity contribution in [3.05, 3.63) is 71.3 Å². The minimum absolute atomic E-state index is 0.0224. The Balaban J connectivity index is 2.39. The number of carbonyl (C=O) groups excluding carboxylic acids is 3. The van der Waals surface area contributed by atoms with Gasteiger partial charge in [0.15, 0.2) is 0 Å². The Hall–Kier alpha value is -3.79. The number of nitrogens with one attached hydrogen (secondary N) is 4. The van der Waals surface area contributed by atoms with Gasteiger partial charge < -0.3 is 26.0 Å². The molecule has 340 valence electrons. The van der Waals surface area contributed by atoms with Gasteiger partial charge in [-0.05, 0) is 95.8 Å². The Kier molecular flexibility index (Phi) is 23.3. The van der Waals surface area contributed by atoms with Crippen molar-refractivity contribution in [1.29, 1.82) is 0 Å². The minimum atomic E-state index is -4.28. The molecule has 61 heavy (non-hydrogen) atoms. The molecule has 0 aliphatic heterocycles. The molecule has 2 aromatic rings. The minimum Gasteiger partial charge on any atom is -0.480 e. The van der Waals surface area contributed by atoms with E-state index in [-0.39, 0.29) is 23.0 Å². The Morgan fingerprint density at radius 3 is 1.97 bits per heavy atom. The number of sulfonamides is 1. The predicted molar refractivity (Wildman–Crippen MR) is 256 cm³/mol. The van der Waals surface area contributed by atoms with Gasteiger partial charge >= 0.3 is 5.97 Å². The largest absolute Gasteiger partial charge is 0.480 e. The third kappa shape index (κ3) is 17.8. The van der Waals surface area contributed by atoms with E-state index in [1.807, 2.05) is 44.3 Å². The maximum atomic E-state index is 14.2. The number of carbonyl (C=O) groups is 4. The number of carboxylic acid groups (broad SMARTS) is 1. The molecule has 0 aromatic heterocycles. The van der Waals surface area contributed by atoms with Gasteiger partial charge in [0.25, 0.3) is 0 Å². The van der Waals surface area contributed by atoms with E-state index in [4.69, 9.17) is 0 Å². The summed E-state index contributed by atoms with van der Waals surface area (Å²) in [5.41, 5.74) is 4.69. The van der Waals surface area contributed by atoms with Gasteiger partial charge in [0.1, 0.15) is 24.2 Å². The Labute approximate surface area is 374 Å². The van der Waals surface area contributed by atoms with Gasteiger partial charge in [-0.1, -0.05) is 93.3 Å². The van der Waals surface area contributed by atoms with Gasteiger partial charge in [0, 0.05) is 42.1 Å². The smallest absolute Gasteiger partial charge is 0.326 e. The summed E-state index contributed by atoms with van der Waals surface area (Å²) < 4.78 is 31.1. The quantitative estimate of drug-likeness (QED) is 0.0442. The molecule has 0 aliphatic rings. The zero-order valence-electron chi connectivity index (χ0n) is 38.1. The number of hydrogen-bond acceptors (Lipinski definition) is 9. The van der Waals surface area contributed by atoms with Crippen LogP contribution in [0.1, 0.15) is 93.9 Å². The summed E-state index contributed by atoms with van der Waals surface area (Å²) in [6.45, 7) is 15.5. The zero-order valence-corrected chi connectivity index (χ0v) is 40.5. The van der Waals surface area contributed by atoms with E-state index >= 15 is 0 Å². The predicted octanol–water partition coefficient (Wildman–Crippen LogP) is 7.70. The van der Waals surface area contributed by atoms with Crippen molar-refractivity contribution in [3.63, 3.8) is 0 Å². The Bertz CT molecular complexity index is 1980.